The zero-order valence-electron chi connectivity index (χ0n) is 11.4. The van der Waals surface area contributed by atoms with E-state index in [1.165, 1.54) is 11.1 Å². The van der Waals surface area contributed by atoms with Gasteiger partial charge in [0.2, 0.25) is 0 Å². The lowest BCUT2D eigenvalue weighted by molar-refractivity contribution is 0.442. The number of aryl methyl sites for hydroxylation is 2. The van der Waals surface area contributed by atoms with Gasteiger partial charge in [-0.2, -0.15) is 0 Å². The highest BCUT2D eigenvalue weighted by Gasteiger charge is 2.19. The molecule has 0 saturated heterocycles. The van der Waals surface area contributed by atoms with Crippen molar-refractivity contribution < 1.29 is 5.11 Å². The van der Waals surface area contributed by atoms with Crippen LogP contribution in [-0.4, -0.2) is 21.4 Å². The first-order chi connectivity index (χ1) is 9.76. The van der Waals surface area contributed by atoms with E-state index in [0.29, 0.717) is 5.71 Å². The second-order valence-electron chi connectivity index (χ2n) is 4.95. The molecule has 2 heterocycles. The SMILES string of the molecule is C/C=C(O)\C(=N/CCl)c1cn2c3c(cccc13)CCC2. The number of para-hydroxylation sites is 1. The molecule has 4 heteroatoms. The maximum atomic E-state index is 10.1. The van der Waals surface area contributed by atoms with Crippen LogP contribution >= 0.6 is 11.6 Å². The van der Waals surface area contributed by atoms with Gasteiger partial charge >= 0.3 is 0 Å². The number of aliphatic hydroxyl groups excluding tert-OH is 1. The molecule has 0 saturated carbocycles. The molecule has 0 radical (unpaired) electrons. The molecule has 0 spiro atoms. The maximum Gasteiger partial charge on any atom is 0.137 e. The van der Waals surface area contributed by atoms with Crippen LogP contribution in [0, 0.1) is 0 Å². The van der Waals surface area contributed by atoms with E-state index in [4.69, 9.17) is 11.6 Å². The van der Waals surface area contributed by atoms with Gasteiger partial charge in [-0.25, -0.2) is 0 Å². The number of aliphatic hydroxyl groups is 1. The molecule has 1 aliphatic heterocycles. The highest BCUT2D eigenvalue weighted by molar-refractivity contribution is 6.22. The normalized spacial score (nSPS) is 15.9. The van der Waals surface area contributed by atoms with E-state index in [-0.39, 0.29) is 11.8 Å². The Morgan fingerprint density at radius 3 is 3.10 bits per heavy atom. The van der Waals surface area contributed by atoms with E-state index in [1.54, 1.807) is 13.0 Å². The van der Waals surface area contributed by atoms with Crippen LogP contribution in [0.3, 0.4) is 0 Å². The molecule has 3 rings (SSSR count). The standard InChI is InChI=1S/C16H17ClN2O/c1-2-14(20)15(18-10-17)13-9-19-8-4-6-11-5-3-7-12(13)16(11)19/h2-3,5,7,9,20H,4,6,8,10H2,1H3/b14-2+,18-15-. The number of aliphatic imine (C=N–C) groups is 1. The van der Waals surface area contributed by atoms with Crippen LogP contribution in [0.25, 0.3) is 10.9 Å². The molecular formula is C16H17ClN2O. The largest absolute Gasteiger partial charge is 0.506 e. The van der Waals surface area contributed by atoms with Crippen LogP contribution in [0.4, 0.5) is 0 Å². The third-order valence-electron chi connectivity index (χ3n) is 3.82. The first kappa shape index (κ1) is 13.3. The fraction of sp³-hybridized carbons (Fsp3) is 0.312. The highest BCUT2D eigenvalue weighted by Crippen LogP contribution is 2.30. The predicted octanol–water partition coefficient (Wildman–Crippen LogP) is 4.03. The fourth-order valence-electron chi connectivity index (χ4n) is 2.95. The summed E-state index contributed by atoms with van der Waals surface area (Å²) in [5.41, 5.74) is 4.16. The third-order valence-corrected chi connectivity index (χ3v) is 3.94. The van der Waals surface area contributed by atoms with Crippen molar-refractivity contribution in [2.45, 2.75) is 26.3 Å². The molecule has 0 fully saturated rings. The number of hydrogen-bond acceptors (Lipinski definition) is 2. The number of hydrogen-bond donors (Lipinski definition) is 1. The van der Waals surface area contributed by atoms with Crippen LogP contribution < -0.4 is 0 Å². The van der Waals surface area contributed by atoms with Crippen molar-refractivity contribution >= 4 is 28.2 Å². The number of allylic oxidation sites excluding steroid dienone is 2. The van der Waals surface area contributed by atoms with Gasteiger partial charge in [-0.1, -0.05) is 18.2 Å². The summed E-state index contributed by atoms with van der Waals surface area (Å²) >= 11 is 5.75. The first-order valence-corrected chi connectivity index (χ1v) is 7.37. The van der Waals surface area contributed by atoms with Gasteiger partial charge in [-0.05, 0) is 31.4 Å². The van der Waals surface area contributed by atoms with Gasteiger partial charge in [-0.3, -0.25) is 4.99 Å². The lowest BCUT2D eigenvalue weighted by Gasteiger charge is -2.14. The van der Waals surface area contributed by atoms with Crippen LogP contribution in [0.15, 0.2) is 41.2 Å². The number of nitrogens with zero attached hydrogens (tertiary/aromatic N) is 2. The summed E-state index contributed by atoms with van der Waals surface area (Å²) in [7, 11) is 0. The first-order valence-electron chi connectivity index (χ1n) is 6.83. The average Bonchev–Trinajstić information content (AvgIpc) is 2.85. The Bertz CT molecular complexity index is 713. The molecule has 20 heavy (non-hydrogen) atoms. The minimum absolute atomic E-state index is 0.138. The molecule has 0 amide bonds. The van der Waals surface area contributed by atoms with Crippen LogP contribution in [0.5, 0.6) is 0 Å². The predicted molar refractivity (Wildman–Crippen MR) is 83.9 cm³/mol. The van der Waals surface area contributed by atoms with Crippen molar-refractivity contribution in [2.75, 3.05) is 6.00 Å². The zero-order valence-corrected chi connectivity index (χ0v) is 12.2. The van der Waals surface area contributed by atoms with E-state index in [0.717, 1.165) is 30.3 Å². The number of rotatable bonds is 3. The summed E-state index contributed by atoms with van der Waals surface area (Å²) in [5, 5.41) is 11.2. The second-order valence-corrected chi connectivity index (χ2v) is 5.19. The monoisotopic (exact) mass is 288 g/mol. The molecule has 0 bridgehead atoms. The lowest BCUT2D eigenvalue weighted by atomic mass is 10.0. The van der Waals surface area contributed by atoms with Gasteiger partial charge in [0, 0.05) is 23.7 Å². The van der Waals surface area contributed by atoms with Crippen LogP contribution in [0.2, 0.25) is 0 Å². The zero-order chi connectivity index (χ0) is 14.1. The summed E-state index contributed by atoms with van der Waals surface area (Å²) in [5.74, 6) is 0.175. The van der Waals surface area contributed by atoms with Crippen molar-refractivity contribution in [3.05, 3.63) is 47.4 Å². The minimum atomic E-state index is 0.138. The van der Waals surface area contributed by atoms with Gasteiger partial charge in [0.15, 0.2) is 0 Å². The van der Waals surface area contributed by atoms with Crippen molar-refractivity contribution in [1.29, 1.82) is 0 Å². The van der Waals surface area contributed by atoms with Gasteiger partial charge < -0.3 is 9.67 Å². The summed E-state index contributed by atoms with van der Waals surface area (Å²) in [6.07, 6.45) is 5.99. The molecule has 1 aliphatic rings. The third kappa shape index (κ3) is 2.02. The van der Waals surface area contributed by atoms with Crippen molar-refractivity contribution in [3.63, 3.8) is 0 Å². The van der Waals surface area contributed by atoms with E-state index in [2.05, 4.69) is 34.0 Å². The fourth-order valence-corrected chi connectivity index (χ4v) is 3.06. The van der Waals surface area contributed by atoms with Crippen molar-refractivity contribution in [1.82, 2.24) is 4.57 Å². The minimum Gasteiger partial charge on any atom is -0.506 e. The van der Waals surface area contributed by atoms with Gasteiger partial charge in [0.05, 0.1) is 5.52 Å². The Labute approximate surface area is 123 Å². The average molecular weight is 289 g/mol. The molecule has 104 valence electrons. The Morgan fingerprint density at radius 1 is 1.50 bits per heavy atom. The Morgan fingerprint density at radius 2 is 2.35 bits per heavy atom. The molecule has 1 aromatic heterocycles. The van der Waals surface area contributed by atoms with Crippen molar-refractivity contribution in [3.8, 4) is 0 Å². The summed E-state index contributed by atoms with van der Waals surface area (Å²) in [4.78, 5) is 4.26. The topological polar surface area (TPSA) is 37.5 Å². The van der Waals surface area contributed by atoms with Gasteiger partial charge in [-0.15, -0.1) is 11.6 Å². The van der Waals surface area contributed by atoms with Crippen molar-refractivity contribution in [2.24, 2.45) is 4.99 Å². The number of benzene rings is 1. The lowest BCUT2D eigenvalue weighted by Crippen LogP contribution is -2.06. The molecule has 1 aromatic carbocycles. The molecule has 0 aliphatic carbocycles. The quantitative estimate of drug-likeness (QED) is 0.394. The summed E-state index contributed by atoms with van der Waals surface area (Å²) in [6, 6.07) is 6.47. The Balaban J connectivity index is 2.27. The van der Waals surface area contributed by atoms with E-state index in [1.807, 2.05) is 0 Å². The molecule has 0 atom stereocenters. The van der Waals surface area contributed by atoms with Gasteiger partial charge in [0.1, 0.15) is 17.5 Å². The van der Waals surface area contributed by atoms with Gasteiger partial charge in [0.25, 0.3) is 0 Å². The molecular weight excluding hydrogens is 272 g/mol. The van der Waals surface area contributed by atoms with Crippen LogP contribution in [-0.2, 0) is 13.0 Å². The maximum absolute atomic E-state index is 10.1. The number of halogens is 1. The van der Waals surface area contributed by atoms with E-state index < -0.39 is 0 Å². The summed E-state index contributed by atoms with van der Waals surface area (Å²) in [6.45, 7) is 2.81. The number of alkyl halides is 1. The smallest absolute Gasteiger partial charge is 0.137 e. The number of aromatic nitrogens is 1. The summed E-state index contributed by atoms with van der Waals surface area (Å²) < 4.78 is 2.26. The molecule has 2 aromatic rings. The second kappa shape index (κ2) is 5.33. The molecule has 1 N–H and O–H groups in total. The highest BCUT2D eigenvalue weighted by atomic mass is 35.5. The Hall–Kier alpha value is -1.74. The Kier molecular flexibility index (Phi) is 3.53. The van der Waals surface area contributed by atoms with Crippen LogP contribution in [0.1, 0.15) is 24.5 Å². The van der Waals surface area contributed by atoms with E-state index in [9.17, 15) is 5.11 Å². The molecule has 3 nitrogen and oxygen atoms in total. The molecule has 0 unspecified atom stereocenters. The van der Waals surface area contributed by atoms with E-state index >= 15 is 0 Å².